The van der Waals surface area contributed by atoms with Crippen LogP contribution in [0.1, 0.15) is 45.6 Å². The van der Waals surface area contributed by atoms with Gasteiger partial charge in [-0.1, -0.05) is 32.9 Å². The van der Waals surface area contributed by atoms with Crippen LogP contribution >= 0.6 is 0 Å². The maximum atomic E-state index is 11.2. The maximum Gasteiger partial charge on any atom is 0.326 e. The maximum absolute atomic E-state index is 11.2. The molecule has 1 rings (SSSR count). The molecule has 0 aromatic heterocycles. The molecule has 1 N–H and O–H groups in total. The topological polar surface area (TPSA) is 40.5 Å². The Bertz CT molecular complexity index is 384. The molecule has 0 heterocycles. The minimum absolute atomic E-state index is 0.445. The number of carbonyl (C=O) groups is 1. The number of carboxylic acids is 1. The van der Waals surface area contributed by atoms with E-state index in [1.807, 2.05) is 30.9 Å². The number of aliphatic carboxylic acids is 1. The van der Waals surface area contributed by atoms with Gasteiger partial charge in [0, 0.05) is 12.2 Å². The van der Waals surface area contributed by atoms with E-state index in [9.17, 15) is 9.90 Å². The van der Waals surface area contributed by atoms with Crippen molar-refractivity contribution >= 4 is 11.7 Å². The normalized spacial score (nSPS) is 12.5. The number of carboxylic acid groups (broad SMARTS) is 1. The molecule has 18 heavy (non-hydrogen) atoms. The van der Waals surface area contributed by atoms with Crippen LogP contribution in [0.4, 0.5) is 5.69 Å². The quantitative estimate of drug-likeness (QED) is 0.838. The first-order valence-corrected chi connectivity index (χ1v) is 6.60. The van der Waals surface area contributed by atoms with E-state index in [0.29, 0.717) is 18.9 Å². The van der Waals surface area contributed by atoms with Crippen LogP contribution in [-0.2, 0) is 4.79 Å². The van der Waals surface area contributed by atoms with Gasteiger partial charge in [0.05, 0.1) is 0 Å². The molecule has 0 aliphatic heterocycles. The summed E-state index contributed by atoms with van der Waals surface area (Å²) in [7, 11) is 0. The Morgan fingerprint density at radius 2 is 1.78 bits per heavy atom. The fourth-order valence-corrected chi connectivity index (χ4v) is 2.16. The highest BCUT2D eigenvalue weighted by atomic mass is 16.4. The molecule has 100 valence electrons. The number of nitrogens with zero attached hydrogens (tertiary/aromatic N) is 1. The molecule has 0 radical (unpaired) electrons. The Morgan fingerprint density at radius 3 is 2.11 bits per heavy atom. The van der Waals surface area contributed by atoms with E-state index in [4.69, 9.17) is 0 Å². The van der Waals surface area contributed by atoms with Gasteiger partial charge in [-0.2, -0.15) is 0 Å². The van der Waals surface area contributed by atoms with Crippen LogP contribution < -0.4 is 4.90 Å². The van der Waals surface area contributed by atoms with Gasteiger partial charge in [-0.05, 0) is 37.0 Å². The predicted molar refractivity (Wildman–Crippen MR) is 75.3 cm³/mol. The zero-order chi connectivity index (χ0) is 13.7. The highest BCUT2D eigenvalue weighted by molar-refractivity contribution is 5.78. The summed E-state index contributed by atoms with van der Waals surface area (Å²) in [6.07, 6.45) is 0.606. The van der Waals surface area contributed by atoms with Crippen LogP contribution in [0.25, 0.3) is 0 Å². The number of hydrogen-bond donors (Lipinski definition) is 1. The van der Waals surface area contributed by atoms with Crippen LogP contribution in [0.3, 0.4) is 0 Å². The van der Waals surface area contributed by atoms with Gasteiger partial charge >= 0.3 is 5.97 Å². The lowest BCUT2D eigenvalue weighted by atomic mass is 10.0. The zero-order valence-electron chi connectivity index (χ0n) is 11.7. The third-order valence-corrected chi connectivity index (χ3v) is 3.28. The summed E-state index contributed by atoms with van der Waals surface area (Å²) in [5.41, 5.74) is 2.26. The Balaban J connectivity index is 2.98. The Morgan fingerprint density at radius 1 is 1.22 bits per heavy atom. The van der Waals surface area contributed by atoms with E-state index < -0.39 is 12.0 Å². The minimum Gasteiger partial charge on any atom is -0.480 e. The zero-order valence-corrected chi connectivity index (χ0v) is 11.7. The molecule has 0 aliphatic carbocycles. The van der Waals surface area contributed by atoms with Crippen LogP contribution in [0, 0.1) is 0 Å². The van der Waals surface area contributed by atoms with Crippen molar-refractivity contribution in [3.05, 3.63) is 29.8 Å². The van der Waals surface area contributed by atoms with Gasteiger partial charge in [-0.3, -0.25) is 0 Å². The monoisotopic (exact) mass is 249 g/mol. The molecule has 3 heteroatoms. The van der Waals surface area contributed by atoms with E-state index in [1.165, 1.54) is 5.56 Å². The van der Waals surface area contributed by atoms with E-state index >= 15 is 0 Å². The number of likely N-dealkylation sites (N-methyl/N-ethyl adjacent to an activating group) is 1. The van der Waals surface area contributed by atoms with Gasteiger partial charge in [-0.15, -0.1) is 0 Å². The highest BCUT2D eigenvalue weighted by Gasteiger charge is 2.22. The largest absolute Gasteiger partial charge is 0.480 e. The van der Waals surface area contributed by atoms with Gasteiger partial charge in [0.15, 0.2) is 0 Å². The van der Waals surface area contributed by atoms with Crippen LogP contribution in [0.15, 0.2) is 24.3 Å². The van der Waals surface area contributed by atoms with Gasteiger partial charge < -0.3 is 10.0 Å². The Kier molecular flexibility index (Phi) is 5.20. The summed E-state index contributed by atoms with van der Waals surface area (Å²) >= 11 is 0. The fourth-order valence-electron chi connectivity index (χ4n) is 2.16. The number of rotatable bonds is 6. The second-order valence-electron chi connectivity index (χ2n) is 4.79. The summed E-state index contributed by atoms with van der Waals surface area (Å²) in [6.45, 7) is 8.90. The molecule has 1 aromatic carbocycles. The molecular formula is C15H23NO2. The molecular weight excluding hydrogens is 226 g/mol. The molecule has 0 amide bonds. The third-order valence-electron chi connectivity index (χ3n) is 3.28. The first-order valence-electron chi connectivity index (χ1n) is 6.60. The molecule has 3 nitrogen and oxygen atoms in total. The average Bonchev–Trinajstić information content (AvgIpc) is 2.35. The van der Waals surface area contributed by atoms with Crippen molar-refractivity contribution < 1.29 is 9.90 Å². The van der Waals surface area contributed by atoms with Gasteiger partial charge in [0.25, 0.3) is 0 Å². The molecule has 0 saturated heterocycles. The minimum atomic E-state index is -0.757. The smallest absolute Gasteiger partial charge is 0.326 e. The SMILES string of the molecule is CCC(C(=O)O)N(CC)c1ccc(C(C)C)cc1. The fraction of sp³-hybridized carbons (Fsp3) is 0.533. The molecule has 1 unspecified atom stereocenters. The van der Waals surface area contributed by atoms with Crippen molar-refractivity contribution in [3.63, 3.8) is 0 Å². The van der Waals surface area contributed by atoms with Crippen molar-refractivity contribution in [2.24, 2.45) is 0 Å². The summed E-state index contributed by atoms with van der Waals surface area (Å²) in [5.74, 6) is -0.261. The predicted octanol–water partition coefficient (Wildman–Crippen LogP) is 3.50. The van der Waals surface area contributed by atoms with E-state index in [0.717, 1.165) is 5.69 Å². The second kappa shape index (κ2) is 6.43. The number of benzene rings is 1. The summed E-state index contributed by atoms with van der Waals surface area (Å²) in [5, 5.41) is 9.24. The Hall–Kier alpha value is -1.51. The second-order valence-corrected chi connectivity index (χ2v) is 4.79. The molecule has 0 saturated carbocycles. The van der Waals surface area contributed by atoms with Crippen molar-refractivity contribution in [3.8, 4) is 0 Å². The lowest BCUT2D eigenvalue weighted by molar-refractivity contribution is -0.138. The Labute approximate surface area is 109 Å². The third kappa shape index (κ3) is 3.25. The van der Waals surface area contributed by atoms with Crippen molar-refractivity contribution in [1.29, 1.82) is 0 Å². The molecule has 0 fully saturated rings. The molecule has 0 spiro atoms. The summed E-state index contributed by atoms with van der Waals surface area (Å²) in [6, 6.07) is 7.75. The highest BCUT2D eigenvalue weighted by Crippen LogP contribution is 2.22. The van der Waals surface area contributed by atoms with Gasteiger partial charge in [0.2, 0.25) is 0 Å². The standard InChI is InChI=1S/C15H23NO2/c1-5-14(15(17)18)16(6-2)13-9-7-12(8-10-13)11(3)4/h7-11,14H,5-6H2,1-4H3,(H,17,18). The van der Waals surface area contributed by atoms with Crippen LogP contribution in [0.2, 0.25) is 0 Å². The average molecular weight is 249 g/mol. The van der Waals surface area contributed by atoms with Gasteiger partial charge in [0.1, 0.15) is 6.04 Å². The van der Waals surface area contributed by atoms with E-state index in [1.54, 1.807) is 0 Å². The van der Waals surface area contributed by atoms with E-state index in [2.05, 4.69) is 26.0 Å². The first-order chi connectivity index (χ1) is 8.51. The van der Waals surface area contributed by atoms with Crippen LogP contribution in [-0.4, -0.2) is 23.7 Å². The lowest BCUT2D eigenvalue weighted by Crippen LogP contribution is -2.40. The van der Waals surface area contributed by atoms with Crippen molar-refractivity contribution in [1.82, 2.24) is 0 Å². The lowest BCUT2D eigenvalue weighted by Gasteiger charge is -2.29. The molecule has 0 aliphatic rings. The van der Waals surface area contributed by atoms with Crippen LogP contribution in [0.5, 0.6) is 0 Å². The van der Waals surface area contributed by atoms with Crippen molar-refractivity contribution in [2.45, 2.75) is 46.1 Å². The summed E-state index contributed by atoms with van der Waals surface area (Å²) in [4.78, 5) is 13.2. The number of anilines is 1. The molecule has 1 aromatic rings. The van der Waals surface area contributed by atoms with E-state index in [-0.39, 0.29) is 0 Å². The number of hydrogen-bond acceptors (Lipinski definition) is 2. The molecule has 0 bridgehead atoms. The van der Waals surface area contributed by atoms with Crippen molar-refractivity contribution in [2.75, 3.05) is 11.4 Å². The summed E-state index contributed by atoms with van der Waals surface area (Å²) < 4.78 is 0. The van der Waals surface area contributed by atoms with Gasteiger partial charge in [-0.25, -0.2) is 4.79 Å². The first kappa shape index (κ1) is 14.6. The molecule has 1 atom stereocenters.